The van der Waals surface area contributed by atoms with E-state index in [4.69, 9.17) is 9.15 Å². The third-order valence-electron chi connectivity index (χ3n) is 3.26. The standard InChI is InChI=1S/C16H13NO4/c1-10(21-16(19)11-6-7-20-9-11)15(18)13-8-17-14-5-3-2-4-12(13)14/h2-10,17H,1H3/t10-/m0/s1. The fraction of sp³-hybridized carbons (Fsp3) is 0.125. The molecule has 5 nitrogen and oxygen atoms in total. The molecule has 0 radical (unpaired) electrons. The quantitative estimate of drug-likeness (QED) is 0.589. The average molecular weight is 283 g/mol. The highest BCUT2D eigenvalue weighted by Gasteiger charge is 2.23. The highest BCUT2D eigenvalue weighted by atomic mass is 16.5. The van der Waals surface area contributed by atoms with E-state index in [1.807, 2.05) is 24.3 Å². The molecule has 1 aromatic carbocycles. The molecule has 0 aliphatic rings. The molecule has 0 unspecified atom stereocenters. The lowest BCUT2D eigenvalue weighted by Gasteiger charge is -2.10. The average Bonchev–Trinajstić information content (AvgIpc) is 3.15. The zero-order chi connectivity index (χ0) is 14.8. The van der Waals surface area contributed by atoms with Crippen LogP contribution in [0.1, 0.15) is 27.6 Å². The summed E-state index contributed by atoms with van der Waals surface area (Å²) in [6.45, 7) is 1.56. The Morgan fingerprint density at radius 2 is 2.05 bits per heavy atom. The summed E-state index contributed by atoms with van der Waals surface area (Å²) >= 11 is 0. The number of hydrogen-bond donors (Lipinski definition) is 1. The summed E-state index contributed by atoms with van der Waals surface area (Å²) in [5.41, 5.74) is 1.67. The topological polar surface area (TPSA) is 72.3 Å². The zero-order valence-electron chi connectivity index (χ0n) is 11.3. The molecule has 1 atom stereocenters. The number of esters is 1. The first kappa shape index (κ1) is 13.2. The number of aromatic nitrogens is 1. The highest BCUT2D eigenvalue weighted by molar-refractivity contribution is 6.10. The van der Waals surface area contributed by atoms with E-state index >= 15 is 0 Å². The van der Waals surface area contributed by atoms with Crippen LogP contribution >= 0.6 is 0 Å². The van der Waals surface area contributed by atoms with Crippen LogP contribution in [0.15, 0.2) is 53.5 Å². The van der Waals surface area contributed by atoms with Crippen LogP contribution in [0, 0.1) is 0 Å². The number of nitrogens with one attached hydrogen (secondary N) is 1. The van der Waals surface area contributed by atoms with E-state index in [9.17, 15) is 9.59 Å². The van der Waals surface area contributed by atoms with Crippen molar-refractivity contribution in [3.63, 3.8) is 0 Å². The molecule has 0 fully saturated rings. The van der Waals surface area contributed by atoms with Gasteiger partial charge in [-0.05, 0) is 19.1 Å². The third-order valence-corrected chi connectivity index (χ3v) is 3.26. The van der Waals surface area contributed by atoms with Gasteiger partial charge in [-0.15, -0.1) is 0 Å². The SMILES string of the molecule is C[C@H](OC(=O)c1ccoc1)C(=O)c1c[nH]c2ccccc12. The molecule has 5 heteroatoms. The van der Waals surface area contributed by atoms with Crippen LogP contribution < -0.4 is 0 Å². The predicted molar refractivity (Wildman–Crippen MR) is 76.2 cm³/mol. The van der Waals surface area contributed by atoms with E-state index in [1.54, 1.807) is 13.1 Å². The van der Waals surface area contributed by atoms with Gasteiger partial charge in [-0.3, -0.25) is 4.79 Å². The third kappa shape index (κ3) is 2.45. The number of fused-ring (bicyclic) bond motifs is 1. The van der Waals surface area contributed by atoms with E-state index in [2.05, 4.69) is 4.98 Å². The minimum absolute atomic E-state index is 0.246. The number of Topliss-reactive ketones (excluding diaryl/α,β-unsaturated/α-hetero) is 1. The monoisotopic (exact) mass is 283 g/mol. The molecule has 0 aliphatic heterocycles. The van der Waals surface area contributed by atoms with Gasteiger partial charge in [0.2, 0.25) is 5.78 Å². The van der Waals surface area contributed by atoms with Crippen molar-refractivity contribution in [2.24, 2.45) is 0 Å². The Bertz CT molecular complexity index is 786. The molecule has 1 N–H and O–H groups in total. The molecule has 3 rings (SSSR count). The first-order valence-corrected chi connectivity index (χ1v) is 6.50. The van der Waals surface area contributed by atoms with Crippen LogP contribution in [-0.2, 0) is 4.74 Å². The summed E-state index contributed by atoms with van der Waals surface area (Å²) in [5.74, 6) is -0.825. The summed E-state index contributed by atoms with van der Waals surface area (Å²) in [4.78, 5) is 27.2. The number of hydrogen-bond acceptors (Lipinski definition) is 4. The predicted octanol–water partition coefficient (Wildman–Crippen LogP) is 3.19. The molecule has 21 heavy (non-hydrogen) atoms. The van der Waals surface area contributed by atoms with Crippen molar-refractivity contribution in [3.8, 4) is 0 Å². The van der Waals surface area contributed by atoms with Crippen LogP contribution in [-0.4, -0.2) is 22.8 Å². The molecule has 3 aromatic rings. The number of para-hydroxylation sites is 1. The Hall–Kier alpha value is -2.82. The first-order chi connectivity index (χ1) is 10.2. The molecule has 0 spiro atoms. The van der Waals surface area contributed by atoms with E-state index in [0.717, 1.165) is 10.9 Å². The normalized spacial score (nSPS) is 12.2. The van der Waals surface area contributed by atoms with Crippen LogP contribution in [0.25, 0.3) is 10.9 Å². The summed E-state index contributed by atoms with van der Waals surface area (Å²) < 4.78 is 9.98. The van der Waals surface area contributed by atoms with E-state index in [1.165, 1.54) is 18.6 Å². The van der Waals surface area contributed by atoms with Gasteiger partial charge in [-0.1, -0.05) is 18.2 Å². The van der Waals surface area contributed by atoms with Gasteiger partial charge >= 0.3 is 5.97 Å². The largest absolute Gasteiger partial charge is 0.472 e. The van der Waals surface area contributed by atoms with Gasteiger partial charge in [0.05, 0.1) is 11.8 Å². The maximum Gasteiger partial charge on any atom is 0.342 e. The van der Waals surface area contributed by atoms with Crippen molar-refractivity contribution < 1.29 is 18.7 Å². The molecule has 0 bridgehead atoms. The Labute approximate surface area is 120 Å². The fourth-order valence-corrected chi connectivity index (χ4v) is 2.16. The minimum atomic E-state index is -0.869. The van der Waals surface area contributed by atoms with Crippen molar-refractivity contribution in [1.82, 2.24) is 4.98 Å². The number of furan rings is 1. The van der Waals surface area contributed by atoms with Crippen LogP contribution in [0.3, 0.4) is 0 Å². The maximum atomic E-state index is 12.4. The van der Waals surface area contributed by atoms with E-state index < -0.39 is 12.1 Å². The fourth-order valence-electron chi connectivity index (χ4n) is 2.16. The van der Waals surface area contributed by atoms with Gasteiger partial charge < -0.3 is 14.1 Å². The number of ketones is 1. The second kappa shape index (κ2) is 5.28. The molecule has 0 amide bonds. The zero-order valence-corrected chi connectivity index (χ0v) is 11.3. The number of H-pyrrole nitrogens is 1. The Balaban J connectivity index is 1.80. The molecule has 2 aromatic heterocycles. The molecular formula is C16H13NO4. The van der Waals surface area contributed by atoms with Crippen molar-refractivity contribution in [2.75, 3.05) is 0 Å². The van der Waals surface area contributed by atoms with Crippen molar-refractivity contribution in [3.05, 3.63) is 60.2 Å². The molecule has 0 aliphatic carbocycles. The Morgan fingerprint density at radius 1 is 1.24 bits per heavy atom. The van der Waals surface area contributed by atoms with Gasteiger partial charge in [-0.25, -0.2) is 4.79 Å². The highest BCUT2D eigenvalue weighted by Crippen LogP contribution is 2.20. The summed E-state index contributed by atoms with van der Waals surface area (Å²) in [6, 6.07) is 8.97. The second-order valence-electron chi connectivity index (χ2n) is 4.67. The van der Waals surface area contributed by atoms with Gasteiger partial charge in [0.1, 0.15) is 6.26 Å². The first-order valence-electron chi connectivity index (χ1n) is 6.50. The smallest absolute Gasteiger partial charge is 0.342 e. The van der Waals surface area contributed by atoms with Crippen LogP contribution in [0.2, 0.25) is 0 Å². The number of rotatable bonds is 4. The lowest BCUT2D eigenvalue weighted by atomic mass is 10.1. The minimum Gasteiger partial charge on any atom is -0.472 e. The van der Waals surface area contributed by atoms with Crippen LogP contribution in [0.5, 0.6) is 0 Å². The summed E-state index contributed by atoms with van der Waals surface area (Å²) in [6.07, 6.45) is 3.43. The number of aromatic amines is 1. The van der Waals surface area contributed by atoms with Gasteiger partial charge in [0.25, 0.3) is 0 Å². The molecule has 2 heterocycles. The van der Waals surface area contributed by atoms with Gasteiger partial charge in [0, 0.05) is 22.7 Å². The maximum absolute atomic E-state index is 12.4. The lowest BCUT2D eigenvalue weighted by molar-refractivity contribution is 0.0318. The van der Waals surface area contributed by atoms with Gasteiger partial charge in [0.15, 0.2) is 6.10 Å². The number of ether oxygens (including phenoxy) is 1. The summed E-state index contributed by atoms with van der Waals surface area (Å²) in [7, 11) is 0. The van der Waals surface area contributed by atoms with Crippen LogP contribution in [0.4, 0.5) is 0 Å². The lowest BCUT2D eigenvalue weighted by Crippen LogP contribution is -2.24. The van der Waals surface area contributed by atoms with Crippen molar-refractivity contribution in [1.29, 1.82) is 0 Å². The summed E-state index contributed by atoms with van der Waals surface area (Å²) in [5, 5.41) is 0.814. The molecule has 0 saturated carbocycles. The molecule has 106 valence electrons. The second-order valence-corrected chi connectivity index (χ2v) is 4.67. The van der Waals surface area contributed by atoms with E-state index in [-0.39, 0.29) is 11.3 Å². The van der Waals surface area contributed by atoms with Crippen molar-refractivity contribution >= 4 is 22.7 Å². The van der Waals surface area contributed by atoms with Crippen molar-refractivity contribution in [2.45, 2.75) is 13.0 Å². The number of carbonyl (C=O) groups excluding carboxylic acids is 2. The van der Waals surface area contributed by atoms with E-state index in [0.29, 0.717) is 5.56 Å². The molecular weight excluding hydrogens is 270 g/mol. The Morgan fingerprint density at radius 3 is 2.81 bits per heavy atom. The number of carbonyl (C=O) groups is 2. The Kier molecular flexibility index (Phi) is 3.31. The number of benzene rings is 1. The molecule has 0 saturated heterocycles. The van der Waals surface area contributed by atoms with Gasteiger partial charge in [-0.2, -0.15) is 0 Å².